The molecule has 0 aliphatic carbocycles. The van der Waals surface area contributed by atoms with Crippen LogP contribution in [0.1, 0.15) is 35.1 Å². The topological polar surface area (TPSA) is 102 Å². The number of hydrogen-bond acceptors (Lipinski definition) is 8. The number of hydrogen-bond donors (Lipinski definition) is 1. The maximum absolute atomic E-state index is 10.8. The molecule has 0 aliphatic heterocycles. The van der Waals surface area contributed by atoms with E-state index >= 15 is 0 Å². The monoisotopic (exact) mass is 682 g/mol. The van der Waals surface area contributed by atoms with Crippen molar-refractivity contribution >= 4 is 64.7 Å². The summed E-state index contributed by atoms with van der Waals surface area (Å²) in [5.41, 5.74) is 0. The molecule has 40 heavy (non-hydrogen) atoms. The van der Waals surface area contributed by atoms with Gasteiger partial charge < -0.3 is 12.6 Å². The SMILES string of the molecule is C.CC.CC.CS.CS(=O)(=O)c1ccccc1.CS(=O)(=O)c1ccccc1.C[S-].O=S(=O)(Cl)c1ccccc1.[Na+]. The number of sulfone groups is 2. The molecule has 0 saturated heterocycles. The van der Waals surface area contributed by atoms with E-state index in [1.807, 2.05) is 27.7 Å². The third-order valence-corrected chi connectivity index (χ3v) is 6.99. The van der Waals surface area contributed by atoms with Gasteiger partial charge in [-0.2, -0.15) is 18.9 Å². The zero-order valence-electron chi connectivity index (χ0n) is 24.1. The first kappa shape index (κ1) is 52.2. The van der Waals surface area contributed by atoms with Crippen LogP contribution in [0.25, 0.3) is 0 Å². The maximum atomic E-state index is 10.8. The van der Waals surface area contributed by atoms with Crippen molar-refractivity contribution in [3.8, 4) is 0 Å². The third kappa shape index (κ3) is 29.0. The second-order valence-electron chi connectivity index (χ2n) is 5.92. The molecule has 3 aromatic rings. The van der Waals surface area contributed by atoms with Gasteiger partial charge in [-0.3, -0.25) is 0 Å². The van der Waals surface area contributed by atoms with Crippen LogP contribution in [-0.2, 0) is 41.4 Å². The summed E-state index contributed by atoms with van der Waals surface area (Å²) in [4.78, 5) is 0.877. The molecule has 226 valence electrons. The summed E-state index contributed by atoms with van der Waals surface area (Å²) in [5.74, 6) is 0. The molecule has 0 saturated carbocycles. The fourth-order valence-corrected chi connectivity index (χ4v) is 4.01. The Labute approximate surface area is 282 Å². The Balaban J connectivity index is -0.0000000939. The van der Waals surface area contributed by atoms with Crippen molar-refractivity contribution < 1.29 is 54.8 Å². The van der Waals surface area contributed by atoms with Crippen LogP contribution in [0.4, 0.5) is 0 Å². The molecule has 0 heterocycles. The number of rotatable bonds is 3. The zero-order valence-corrected chi connectivity index (χ0v) is 31.0. The van der Waals surface area contributed by atoms with Gasteiger partial charge in [-0.05, 0) is 42.7 Å². The molecule has 0 unspecified atom stereocenters. The molecule has 0 aliphatic rings. The van der Waals surface area contributed by atoms with Crippen LogP contribution >= 0.6 is 23.3 Å². The van der Waals surface area contributed by atoms with Crippen molar-refractivity contribution in [1.29, 1.82) is 0 Å². The Bertz CT molecular complexity index is 1080. The van der Waals surface area contributed by atoms with E-state index in [2.05, 4.69) is 25.3 Å². The van der Waals surface area contributed by atoms with E-state index in [1.165, 1.54) is 24.6 Å². The van der Waals surface area contributed by atoms with Crippen LogP contribution in [-0.4, -0.2) is 50.3 Å². The molecule has 0 bridgehead atoms. The van der Waals surface area contributed by atoms with Crippen LogP contribution in [0, 0.1) is 0 Å². The smallest absolute Gasteiger partial charge is 0.796 e. The molecule has 0 radical (unpaired) electrons. The fourth-order valence-electron chi connectivity index (χ4n) is 1.92. The van der Waals surface area contributed by atoms with E-state index in [4.69, 9.17) is 10.7 Å². The minimum atomic E-state index is -3.53. The van der Waals surface area contributed by atoms with Crippen molar-refractivity contribution in [3.63, 3.8) is 0 Å². The summed E-state index contributed by atoms with van der Waals surface area (Å²) in [5, 5.41) is 0. The van der Waals surface area contributed by atoms with Crippen LogP contribution < -0.4 is 29.6 Å². The molecule has 0 spiro atoms. The summed E-state index contributed by atoms with van der Waals surface area (Å²) in [6, 6.07) is 24.6. The zero-order chi connectivity index (χ0) is 30.8. The van der Waals surface area contributed by atoms with Gasteiger partial charge in [0.1, 0.15) is 0 Å². The Morgan fingerprint density at radius 1 is 0.525 bits per heavy atom. The van der Waals surface area contributed by atoms with Gasteiger partial charge in [-0.15, -0.1) is 0 Å². The van der Waals surface area contributed by atoms with Crippen LogP contribution in [0.5, 0.6) is 0 Å². The van der Waals surface area contributed by atoms with Crippen molar-refractivity contribution in [3.05, 3.63) is 91.0 Å². The quantitative estimate of drug-likeness (QED) is 0.191. The van der Waals surface area contributed by atoms with E-state index in [9.17, 15) is 25.3 Å². The van der Waals surface area contributed by atoms with E-state index in [0.29, 0.717) is 9.79 Å². The van der Waals surface area contributed by atoms with Crippen molar-refractivity contribution in [2.75, 3.05) is 25.0 Å². The molecule has 6 nitrogen and oxygen atoms in total. The van der Waals surface area contributed by atoms with Gasteiger partial charge >= 0.3 is 29.6 Å². The minimum absolute atomic E-state index is 0. The van der Waals surface area contributed by atoms with Crippen molar-refractivity contribution in [1.82, 2.24) is 0 Å². The van der Waals surface area contributed by atoms with Crippen molar-refractivity contribution in [2.24, 2.45) is 0 Å². The summed E-state index contributed by atoms with van der Waals surface area (Å²) in [6.07, 6.45) is 5.67. The predicted octanol–water partition coefficient (Wildman–Crippen LogP) is 4.20. The number of halogens is 1. The first-order valence-corrected chi connectivity index (χ1v) is 19.0. The summed E-state index contributed by atoms with van der Waals surface area (Å²) in [6.45, 7) is 8.00. The summed E-state index contributed by atoms with van der Waals surface area (Å²) in [7, 11) is -4.51. The van der Waals surface area contributed by atoms with E-state index in [0.717, 1.165) is 0 Å². The molecule has 13 heteroatoms. The van der Waals surface area contributed by atoms with Gasteiger partial charge in [-0.25, -0.2) is 25.3 Å². The van der Waals surface area contributed by atoms with Gasteiger partial charge in [0.15, 0.2) is 19.7 Å². The van der Waals surface area contributed by atoms with Gasteiger partial charge in [0.2, 0.25) is 0 Å². The normalized spacial score (nSPS) is 9.07. The second-order valence-corrected chi connectivity index (χ2v) is 12.5. The first-order valence-electron chi connectivity index (χ1n) is 11.2. The molecule has 0 fully saturated rings. The van der Waals surface area contributed by atoms with Crippen LogP contribution in [0.2, 0.25) is 0 Å². The van der Waals surface area contributed by atoms with Gasteiger partial charge in [0, 0.05) is 23.2 Å². The summed E-state index contributed by atoms with van der Waals surface area (Å²) < 4.78 is 64.5. The molecule has 0 amide bonds. The Hall–Kier alpha value is -0.500. The number of benzene rings is 3. The van der Waals surface area contributed by atoms with Crippen LogP contribution in [0.15, 0.2) is 106 Å². The Morgan fingerprint density at radius 2 is 0.700 bits per heavy atom. The maximum Gasteiger partial charge on any atom is 1.00 e. The largest absolute Gasteiger partial charge is 1.00 e. The molecular weight excluding hydrogens is 639 g/mol. The fraction of sp³-hybridized carbons (Fsp3) is 0.333. The molecule has 0 N–H and O–H groups in total. The Kier molecular flexibility index (Phi) is 41.0. The summed E-state index contributed by atoms with van der Waals surface area (Å²) >= 11 is 7.61. The van der Waals surface area contributed by atoms with Crippen LogP contribution in [0.3, 0.4) is 0 Å². The molecular formula is C27H44ClNaO6S5. The standard InChI is InChI=1S/2C7H8O2S.C6H5ClO2S.2C2H6.2CH4S.CH4.Na/c2*1-10(8,9)7-5-3-2-4-6-7;7-10(8,9)6-4-2-1-3-5-6;4*1-2;;/h2*2-6H,1H3;1-5H;2*1-2H3;2*2H,1H3;1H4;/q;;;;;;;;+1/p-1. The van der Waals surface area contributed by atoms with E-state index in [1.54, 1.807) is 91.4 Å². The molecule has 3 aromatic carbocycles. The average Bonchev–Trinajstić information content (AvgIpc) is 2.94. The Morgan fingerprint density at radius 3 is 0.800 bits per heavy atom. The average molecular weight is 683 g/mol. The van der Waals surface area contributed by atoms with E-state index in [-0.39, 0.29) is 41.9 Å². The third-order valence-electron chi connectivity index (χ3n) is 3.37. The molecule has 3 rings (SSSR count). The molecule has 0 atom stereocenters. The second kappa shape index (κ2) is 31.4. The van der Waals surface area contributed by atoms with Gasteiger partial charge in [-0.1, -0.05) is 89.7 Å². The van der Waals surface area contributed by atoms with Gasteiger partial charge in [0.25, 0.3) is 9.05 Å². The van der Waals surface area contributed by atoms with Gasteiger partial charge in [0.05, 0.1) is 14.7 Å². The minimum Gasteiger partial charge on any atom is -0.796 e. The molecule has 0 aromatic heterocycles. The first-order chi connectivity index (χ1) is 17.8. The predicted molar refractivity (Wildman–Crippen MR) is 176 cm³/mol. The number of thiol groups is 1. The van der Waals surface area contributed by atoms with Crippen molar-refractivity contribution in [2.45, 2.75) is 49.8 Å². The van der Waals surface area contributed by atoms with E-state index < -0.39 is 28.7 Å².